The van der Waals surface area contributed by atoms with Crippen LogP contribution in [0.2, 0.25) is 0 Å². The van der Waals surface area contributed by atoms with Crippen LogP contribution in [-0.4, -0.2) is 15.2 Å². The monoisotopic (exact) mass is 340 g/mol. The molecule has 0 saturated carbocycles. The summed E-state index contributed by atoms with van der Waals surface area (Å²) >= 11 is 0. The van der Waals surface area contributed by atoms with E-state index in [0.29, 0.717) is 16.6 Å². The van der Waals surface area contributed by atoms with E-state index in [-0.39, 0.29) is 17.0 Å². The number of benzene rings is 2. The molecule has 0 amide bonds. The van der Waals surface area contributed by atoms with E-state index in [1.54, 1.807) is 53.1 Å². The minimum Gasteiger partial charge on any atom is -0.313 e. The molecule has 2 heterocycles. The van der Waals surface area contributed by atoms with Crippen molar-refractivity contribution in [3.8, 4) is 0 Å². The van der Waals surface area contributed by atoms with Gasteiger partial charge in [0.1, 0.15) is 5.69 Å². The number of hydrogen-bond acceptors (Lipinski definition) is 2. The van der Waals surface area contributed by atoms with E-state index in [9.17, 15) is 18.0 Å². The quantitative estimate of drug-likeness (QED) is 0.494. The number of halogens is 3. The van der Waals surface area contributed by atoms with Crippen LogP contribution >= 0.6 is 0 Å². The van der Waals surface area contributed by atoms with Crippen molar-refractivity contribution < 1.29 is 18.0 Å². The highest BCUT2D eigenvalue weighted by Gasteiger charge is 2.31. The van der Waals surface area contributed by atoms with Crippen molar-refractivity contribution in [3.05, 3.63) is 83.7 Å². The summed E-state index contributed by atoms with van der Waals surface area (Å²) in [6.07, 6.45) is -2.76. The van der Waals surface area contributed by atoms with Crippen LogP contribution in [0.1, 0.15) is 21.6 Å². The fourth-order valence-corrected chi connectivity index (χ4v) is 2.85. The number of ketones is 1. The second-order valence-electron chi connectivity index (χ2n) is 5.62. The number of fused-ring (bicyclic) bond motifs is 3. The summed E-state index contributed by atoms with van der Waals surface area (Å²) in [6.45, 7) is 0. The maximum absolute atomic E-state index is 13.0. The summed E-state index contributed by atoms with van der Waals surface area (Å²) in [5.41, 5.74) is 0.959. The fourth-order valence-electron chi connectivity index (χ4n) is 2.85. The van der Waals surface area contributed by atoms with Gasteiger partial charge >= 0.3 is 6.18 Å². The van der Waals surface area contributed by atoms with Gasteiger partial charge in [-0.15, -0.1) is 0 Å². The minimum absolute atomic E-state index is 0.123. The SMILES string of the molecule is O=C(c1ccccc1)c1nc2cc(C(F)(F)F)ccc2n2cccc12. The molecule has 0 N–H and O–H groups in total. The number of aromatic nitrogens is 2. The Morgan fingerprint density at radius 1 is 0.920 bits per heavy atom. The first-order valence-electron chi connectivity index (χ1n) is 7.53. The maximum atomic E-state index is 13.0. The van der Waals surface area contributed by atoms with Crippen LogP contribution in [0.5, 0.6) is 0 Å². The van der Waals surface area contributed by atoms with Gasteiger partial charge in [-0.25, -0.2) is 4.98 Å². The molecule has 3 nitrogen and oxygen atoms in total. The van der Waals surface area contributed by atoms with E-state index in [1.807, 2.05) is 0 Å². The predicted molar refractivity (Wildman–Crippen MR) is 87.6 cm³/mol. The van der Waals surface area contributed by atoms with Crippen LogP contribution in [0, 0.1) is 0 Å². The molecular weight excluding hydrogens is 329 g/mol. The van der Waals surface area contributed by atoms with Crippen molar-refractivity contribution in [1.29, 1.82) is 0 Å². The molecule has 0 atom stereocenters. The van der Waals surface area contributed by atoms with Gasteiger partial charge in [0, 0.05) is 11.8 Å². The van der Waals surface area contributed by atoms with Crippen molar-refractivity contribution in [2.24, 2.45) is 0 Å². The summed E-state index contributed by atoms with van der Waals surface area (Å²) in [5.74, 6) is -0.330. The Bertz CT molecular complexity index is 1100. The Hall–Kier alpha value is -3.15. The van der Waals surface area contributed by atoms with Crippen molar-refractivity contribution in [2.75, 3.05) is 0 Å². The molecule has 25 heavy (non-hydrogen) atoms. The Kier molecular flexibility index (Phi) is 3.35. The van der Waals surface area contributed by atoms with Crippen LogP contribution < -0.4 is 0 Å². The first-order valence-corrected chi connectivity index (χ1v) is 7.53. The molecule has 0 aliphatic rings. The molecular formula is C19H11F3N2O. The summed E-state index contributed by atoms with van der Waals surface area (Å²) in [5, 5.41) is 0. The minimum atomic E-state index is -4.47. The molecule has 0 saturated heterocycles. The predicted octanol–water partition coefficient (Wildman–Crippen LogP) is 4.74. The molecule has 6 heteroatoms. The normalized spacial score (nSPS) is 12.0. The Balaban J connectivity index is 1.99. The van der Waals surface area contributed by atoms with Crippen LogP contribution in [-0.2, 0) is 6.18 Å². The molecule has 2 aromatic heterocycles. The molecule has 0 bridgehead atoms. The molecule has 0 unspecified atom stereocenters. The van der Waals surface area contributed by atoms with Crippen LogP contribution in [0.4, 0.5) is 13.2 Å². The number of rotatable bonds is 2. The molecule has 4 rings (SSSR count). The lowest BCUT2D eigenvalue weighted by Crippen LogP contribution is -2.09. The molecule has 0 spiro atoms. The first-order chi connectivity index (χ1) is 11.9. The molecule has 4 aromatic rings. The van der Waals surface area contributed by atoms with Crippen molar-refractivity contribution in [3.63, 3.8) is 0 Å². The third-order valence-corrected chi connectivity index (χ3v) is 4.04. The zero-order valence-electron chi connectivity index (χ0n) is 12.8. The van der Waals surface area contributed by atoms with Crippen molar-refractivity contribution in [1.82, 2.24) is 9.38 Å². The van der Waals surface area contributed by atoms with Gasteiger partial charge in [-0.2, -0.15) is 13.2 Å². The van der Waals surface area contributed by atoms with Crippen LogP contribution in [0.3, 0.4) is 0 Å². The highest BCUT2D eigenvalue weighted by molar-refractivity contribution is 6.12. The van der Waals surface area contributed by atoms with Gasteiger partial charge in [-0.1, -0.05) is 30.3 Å². The fraction of sp³-hybridized carbons (Fsp3) is 0.0526. The van der Waals surface area contributed by atoms with Gasteiger partial charge in [0.2, 0.25) is 5.78 Å². The lowest BCUT2D eigenvalue weighted by atomic mass is 10.1. The summed E-state index contributed by atoms with van der Waals surface area (Å²) in [7, 11) is 0. The van der Waals surface area contributed by atoms with Gasteiger partial charge in [0.05, 0.1) is 22.1 Å². The second-order valence-corrected chi connectivity index (χ2v) is 5.62. The van der Waals surface area contributed by atoms with Crippen molar-refractivity contribution in [2.45, 2.75) is 6.18 Å². The van der Waals surface area contributed by atoms with Gasteiger partial charge in [-0.05, 0) is 30.3 Å². The molecule has 0 aliphatic carbocycles. The Morgan fingerprint density at radius 3 is 2.40 bits per heavy atom. The van der Waals surface area contributed by atoms with Gasteiger partial charge in [0.15, 0.2) is 0 Å². The number of hydrogen-bond donors (Lipinski definition) is 0. The zero-order valence-corrected chi connectivity index (χ0v) is 12.8. The number of alkyl halides is 3. The van der Waals surface area contributed by atoms with E-state index >= 15 is 0 Å². The Labute approximate surface area is 140 Å². The lowest BCUT2D eigenvalue weighted by Gasteiger charge is -2.11. The van der Waals surface area contributed by atoms with E-state index in [2.05, 4.69) is 4.98 Å². The lowest BCUT2D eigenvalue weighted by molar-refractivity contribution is -0.137. The van der Waals surface area contributed by atoms with Crippen molar-refractivity contribution >= 4 is 22.3 Å². The van der Waals surface area contributed by atoms with Gasteiger partial charge < -0.3 is 4.40 Å². The first kappa shape index (κ1) is 15.4. The third-order valence-electron chi connectivity index (χ3n) is 4.04. The highest BCUT2D eigenvalue weighted by atomic mass is 19.4. The largest absolute Gasteiger partial charge is 0.416 e. The topological polar surface area (TPSA) is 34.4 Å². The standard InChI is InChI=1S/C19H11F3N2O/c20-19(21,22)13-8-9-15-14(11-13)23-17(16-7-4-10-24(15)16)18(25)12-5-2-1-3-6-12/h1-11H. The zero-order chi connectivity index (χ0) is 17.6. The van der Waals surface area contributed by atoms with Crippen LogP contribution in [0.15, 0.2) is 66.9 Å². The average Bonchev–Trinajstić information content (AvgIpc) is 3.10. The second kappa shape index (κ2) is 5.44. The smallest absolute Gasteiger partial charge is 0.313 e. The molecule has 0 fully saturated rings. The van der Waals surface area contributed by atoms with E-state index in [4.69, 9.17) is 0 Å². The molecule has 124 valence electrons. The summed E-state index contributed by atoms with van der Waals surface area (Å²) in [4.78, 5) is 17.0. The van der Waals surface area contributed by atoms with Crippen LogP contribution in [0.25, 0.3) is 16.6 Å². The number of nitrogens with zero attached hydrogens (tertiary/aromatic N) is 2. The van der Waals surface area contributed by atoms with E-state index < -0.39 is 11.7 Å². The average molecular weight is 340 g/mol. The molecule has 0 aliphatic heterocycles. The van der Waals surface area contributed by atoms with Gasteiger partial charge in [0.25, 0.3) is 0 Å². The number of carbonyl (C=O) groups excluding carboxylic acids is 1. The third kappa shape index (κ3) is 2.55. The highest BCUT2D eigenvalue weighted by Crippen LogP contribution is 2.31. The van der Waals surface area contributed by atoms with E-state index in [0.717, 1.165) is 12.1 Å². The van der Waals surface area contributed by atoms with E-state index in [1.165, 1.54) is 6.07 Å². The summed E-state index contributed by atoms with van der Waals surface area (Å²) < 4.78 is 40.7. The molecule has 2 aromatic carbocycles. The summed E-state index contributed by atoms with van der Waals surface area (Å²) in [6, 6.07) is 15.4. The molecule has 0 radical (unpaired) electrons. The van der Waals surface area contributed by atoms with Gasteiger partial charge in [-0.3, -0.25) is 4.79 Å². The number of carbonyl (C=O) groups is 1. The Morgan fingerprint density at radius 2 is 1.68 bits per heavy atom. The maximum Gasteiger partial charge on any atom is 0.416 e.